The van der Waals surface area contributed by atoms with Gasteiger partial charge in [-0.2, -0.15) is 0 Å². The monoisotopic (exact) mass is 388 g/mol. The Morgan fingerprint density at radius 1 is 1.25 bits per heavy atom. The van der Waals surface area contributed by atoms with Crippen LogP contribution in [0.1, 0.15) is 49.9 Å². The third-order valence-electron chi connectivity index (χ3n) is 7.63. The van der Waals surface area contributed by atoms with Gasteiger partial charge in [0.05, 0.1) is 11.5 Å². The van der Waals surface area contributed by atoms with Crippen LogP contribution < -0.4 is 0 Å². The van der Waals surface area contributed by atoms with Crippen LogP contribution in [0.4, 0.5) is 0 Å². The molecule has 1 saturated heterocycles. The van der Waals surface area contributed by atoms with Crippen molar-refractivity contribution in [3.05, 3.63) is 35.9 Å². The lowest BCUT2D eigenvalue weighted by atomic mass is 9.44. The highest BCUT2D eigenvalue weighted by Gasteiger charge is 2.71. The van der Waals surface area contributed by atoms with Crippen molar-refractivity contribution in [2.75, 3.05) is 13.2 Å². The Morgan fingerprint density at radius 2 is 1.96 bits per heavy atom. The van der Waals surface area contributed by atoms with Gasteiger partial charge in [-0.05, 0) is 30.4 Å². The molecule has 0 unspecified atom stereocenters. The van der Waals surface area contributed by atoms with E-state index in [1.165, 1.54) is 0 Å². The molecule has 0 spiro atoms. The maximum atomic E-state index is 12.8. The summed E-state index contributed by atoms with van der Waals surface area (Å²) in [5, 5.41) is 21.8. The van der Waals surface area contributed by atoms with Crippen LogP contribution in [-0.4, -0.2) is 47.1 Å². The fraction of sp³-hybridized carbons (Fsp3) is 0.636. The van der Waals surface area contributed by atoms with Gasteiger partial charge in [-0.1, -0.05) is 38.5 Å². The third-order valence-corrected chi connectivity index (χ3v) is 7.63. The average Bonchev–Trinajstić information content (AvgIpc) is 2.98. The zero-order valence-electron chi connectivity index (χ0n) is 16.4. The maximum absolute atomic E-state index is 12.8. The Hall–Kier alpha value is -1.92. The smallest absolute Gasteiger partial charge is 0.338 e. The first-order valence-electron chi connectivity index (χ1n) is 10.0. The van der Waals surface area contributed by atoms with Crippen molar-refractivity contribution in [2.45, 2.75) is 51.2 Å². The molecule has 1 aromatic rings. The molecule has 3 aliphatic rings. The molecular formula is C22H28O6. The van der Waals surface area contributed by atoms with Crippen molar-refractivity contribution in [1.82, 2.24) is 0 Å². The van der Waals surface area contributed by atoms with E-state index < -0.39 is 40.4 Å². The summed E-state index contributed by atoms with van der Waals surface area (Å²) in [5.41, 5.74) is -2.07. The number of rotatable bonds is 3. The van der Waals surface area contributed by atoms with E-state index in [9.17, 15) is 19.8 Å². The quantitative estimate of drug-likeness (QED) is 0.772. The predicted molar refractivity (Wildman–Crippen MR) is 100 cm³/mol. The fourth-order valence-corrected chi connectivity index (χ4v) is 6.16. The number of aliphatic hydroxyl groups is 2. The Morgan fingerprint density at radius 3 is 2.64 bits per heavy atom. The normalized spacial score (nSPS) is 42.3. The number of hydrogen-bond donors (Lipinski definition) is 2. The highest BCUT2D eigenvalue weighted by atomic mass is 16.6. The number of carbonyl (C=O) groups is 2. The zero-order chi connectivity index (χ0) is 20.2. The van der Waals surface area contributed by atoms with E-state index in [2.05, 4.69) is 0 Å². The number of fused-ring (bicyclic) bond motifs is 3. The van der Waals surface area contributed by atoms with Crippen LogP contribution in [0.15, 0.2) is 30.3 Å². The van der Waals surface area contributed by atoms with Crippen molar-refractivity contribution < 1.29 is 29.3 Å². The summed E-state index contributed by atoms with van der Waals surface area (Å²) in [6, 6.07) is 8.75. The summed E-state index contributed by atoms with van der Waals surface area (Å²) in [5.74, 6) is -1.87. The van der Waals surface area contributed by atoms with Gasteiger partial charge in [-0.15, -0.1) is 0 Å². The molecule has 1 aromatic carbocycles. The standard InChI is InChI=1S/C22H28O6/c1-20(12-23)9-6-10-21(2)17(20)16(11-15-19(25)27-13-22(15,21)26)28-18(24)14-7-4-3-5-8-14/h3-5,7-8,15-17,23,26H,6,9-13H2,1-2H3/t15-,16-,17+,20-,21+,22+/m0/s1. The summed E-state index contributed by atoms with van der Waals surface area (Å²) in [6.07, 6.45) is 1.93. The summed E-state index contributed by atoms with van der Waals surface area (Å²) in [7, 11) is 0. The predicted octanol–water partition coefficient (Wildman–Crippen LogP) is 2.32. The SMILES string of the molecule is C[C@@]1(CO)CCC[C@]2(C)[C@@H]1[C@@H](OC(=O)c1ccccc1)C[C@H]1C(=O)OC[C@@]12O. The van der Waals surface area contributed by atoms with Gasteiger partial charge < -0.3 is 19.7 Å². The second-order valence-corrected chi connectivity index (χ2v) is 9.19. The van der Waals surface area contributed by atoms with Crippen LogP contribution in [-0.2, 0) is 14.3 Å². The minimum absolute atomic E-state index is 0.0373. The molecule has 0 aromatic heterocycles. The van der Waals surface area contributed by atoms with E-state index in [-0.39, 0.29) is 25.6 Å². The molecule has 28 heavy (non-hydrogen) atoms. The summed E-state index contributed by atoms with van der Waals surface area (Å²) in [4.78, 5) is 25.2. The maximum Gasteiger partial charge on any atom is 0.338 e. The molecule has 0 amide bonds. The second kappa shape index (κ2) is 6.56. The average molecular weight is 388 g/mol. The van der Waals surface area contributed by atoms with Crippen LogP contribution >= 0.6 is 0 Å². The van der Waals surface area contributed by atoms with Gasteiger partial charge in [0.25, 0.3) is 0 Å². The van der Waals surface area contributed by atoms with Gasteiger partial charge in [-0.3, -0.25) is 4.79 Å². The minimum Gasteiger partial charge on any atom is -0.462 e. The number of benzene rings is 1. The van der Waals surface area contributed by atoms with E-state index in [4.69, 9.17) is 9.47 Å². The lowest BCUT2D eigenvalue weighted by Crippen LogP contribution is -2.68. The zero-order valence-corrected chi connectivity index (χ0v) is 16.4. The van der Waals surface area contributed by atoms with Crippen molar-refractivity contribution in [3.8, 4) is 0 Å². The van der Waals surface area contributed by atoms with E-state index in [0.717, 1.165) is 12.8 Å². The fourth-order valence-electron chi connectivity index (χ4n) is 6.16. The van der Waals surface area contributed by atoms with E-state index in [1.807, 2.05) is 19.9 Å². The third kappa shape index (κ3) is 2.61. The first kappa shape index (κ1) is 19.4. The number of cyclic esters (lactones) is 1. The number of ether oxygens (including phenoxy) is 2. The van der Waals surface area contributed by atoms with Gasteiger partial charge in [0.1, 0.15) is 18.3 Å². The van der Waals surface area contributed by atoms with Gasteiger partial charge >= 0.3 is 11.9 Å². The summed E-state index contributed by atoms with van der Waals surface area (Å²) >= 11 is 0. The summed E-state index contributed by atoms with van der Waals surface area (Å²) in [6.45, 7) is 3.84. The topological polar surface area (TPSA) is 93.1 Å². The van der Waals surface area contributed by atoms with Gasteiger partial charge in [-0.25, -0.2) is 4.79 Å². The molecule has 6 heteroatoms. The molecule has 2 aliphatic carbocycles. The largest absolute Gasteiger partial charge is 0.462 e. The van der Waals surface area contributed by atoms with Crippen molar-refractivity contribution in [1.29, 1.82) is 0 Å². The number of aliphatic hydroxyl groups excluding tert-OH is 1. The molecule has 152 valence electrons. The molecule has 0 radical (unpaired) electrons. The molecule has 4 rings (SSSR count). The Kier molecular flexibility index (Phi) is 4.55. The van der Waals surface area contributed by atoms with Crippen LogP contribution in [0.25, 0.3) is 0 Å². The van der Waals surface area contributed by atoms with Crippen molar-refractivity contribution in [3.63, 3.8) is 0 Å². The molecule has 0 bridgehead atoms. The minimum atomic E-state index is -1.30. The first-order valence-corrected chi connectivity index (χ1v) is 10.0. The Labute approximate surface area is 164 Å². The van der Waals surface area contributed by atoms with Crippen LogP contribution in [0.3, 0.4) is 0 Å². The van der Waals surface area contributed by atoms with Crippen LogP contribution in [0.2, 0.25) is 0 Å². The van der Waals surface area contributed by atoms with Gasteiger partial charge in [0.2, 0.25) is 0 Å². The first-order chi connectivity index (χ1) is 13.2. The molecule has 2 N–H and O–H groups in total. The Balaban J connectivity index is 1.74. The second-order valence-electron chi connectivity index (χ2n) is 9.19. The molecule has 3 fully saturated rings. The van der Waals surface area contributed by atoms with Crippen LogP contribution in [0, 0.1) is 22.7 Å². The molecule has 6 nitrogen and oxygen atoms in total. The highest BCUT2D eigenvalue weighted by Crippen LogP contribution is 2.64. The van der Waals surface area contributed by atoms with E-state index in [0.29, 0.717) is 12.0 Å². The molecule has 6 atom stereocenters. The van der Waals surface area contributed by atoms with Crippen LogP contribution in [0.5, 0.6) is 0 Å². The lowest BCUT2D eigenvalue weighted by molar-refractivity contribution is -0.238. The molecule has 2 saturated carbocycles. The molecule has 1 heterocycles. The van der Waals surface area contributed by atoms with Crippen molar-refractivity contribution in [2.24, 2.45) is 22.7 Å². The Bertz CT molecular complexity index is 778. The summed E-state index contributed by atoms with van der Waals surface area (Å²) < 4.78 is 11.2. The van der Waals surface area contributed by atoms with Gasteiger partial charge in [0, 0.05) is 24.4 Å². The number of esters is 2. The molecule has 1 aliphatic heterocycles. The van der Waals surface area contributed by atoms with E-state index >= 15 is 0 Å². The highest BCUT2D eigenvalue weighted by molar-refractivity contribution is 5.89. The van der Waals surface area contributed by atoms with E-state index in [1.54, 1.807) is 24.3 Å². The number of hydrogen-bond acceptors (Lipinski definition) is 6. The molecular weight excluding hydrogens is 360 g/mol. The number of carbonyl (C=O) groups excluding carboxylic acids is 2. The van der Waals surface area contributed by atoms with Gasteiger partial charge in [0.15, 0.2) is 0 Å². The van der Waals surface area contributed by atoms with Crippen molar-refractivity contribution >= 4 is 11.9 Å². The lowest BCUT2D eigenvalue weighted by Gasteiger charge is -2.62.